The van der Waals surface area contributed by atoms with Gasteiger partial charge < -0.3 is 29.3 Å². The van der Waals surface area contributed by atoms with Crippen molar-refractivity contribution >= 4 is 11.6 Å². The Morgan fingerprint density at radius 1 is 1.13 bits per heavy atom. The lowest BCUT2D eigenvalue weighted by molar-refractivity contribution is -1.02. The van der Waals surface area contributed by atoms with Crippen LogP contribution in [0.3, 0.4) is 0 Å². The molecule has 0 saturated carbocycles. The summed E-state index contributed by atoms with van der Waals surface area (Å²) in [5.41, 5.74) is 1.67. The average molecular weight is 417 g/mol. The number of hydrogen-bond acceptors (Lipinski definition) is 4. The van der Waals surface area contributed by atoms with Crippen LogP contribution in [0.5, 0.6) is 17.2 Å². The standard InChI is InChI=1S/C22H26FN3O4/c1-15(22(27)24-17-4-6-20-21(12-17)30-14-29-20)26-9-7-25(8-10-26)13-16-3-5-19(28-2)18(23)11-16/h3-6,11-12,15H,7-10,13-14H2,1-2H3,(H,24,27)/p+2/t15-/m1/s1. The molecule has 7 nitrogen and oxygen atoms in total. The lowest BCUT2D eigenvalue weighted by Gasteiger charge is -2.32. The minimum atomic E-state index is -0.326. The molecule has 2 aromatic carbocycles. The van der Waals surface area contributed by atoms with Gasteiger partial charge in [0, 0.05) is 17.3 Å². The molecule has 1 fully saturated rings. The van der Waals surface area contributed by atoms with E-state index in [0.29, 0.717) is 17.2 Å². The van der Waals surface area contributed by atoms with Crippen LogP contribution in [0.2, 0.25) is 0 Å². The van der Waals surface area contributed by atoms with Crippen molar-refractivity contribution in [3.63, 3.8) is 0 Å². The molecule has 1 saturated heterocycles. The molecule has 0 aromatic heterocycles. The minimum Gasteiger partial charge on any atom is -0.494 e. The number of quaternary nitrogens is 2. The van der Waals surface area contributed by atoms with Crippen LogP contribution >= 0.6 is 0 Å². The molecule has 4 rings (SSSR count). The van der Waals surface area contributed by atoms with Crippen LogP contribution in [-0.2, 0) is 11.3 Å². The predicted octanol–water partition coefficient (Wildman–Crippen LogP) is -0.126. The first-order chi connectivity index (χ1) is 14.5. The van der Waals surface area contributed by atoms with E-state index in [1.807, 2.05) is 19.1 Å². The van der Waals surface area contributed by atoms with Crippen LogP contribution in [0, 0.1) is 5.82 Å². The SMILES string of the molecule is COc1ccc(C[NH+]2CC[NH+]([C@H](C)C(=O)Nc3ccc4c(c3)OCO4)CC2)cc1F. The van der Waals surface area contributed by atoms with Crippen molar-refractivity contribution in [2.45, 2.75) is 19.5 Å². The highest BCUT2D eigenvalue weighted by atomic mass is 19.1. The molecule has 8 heteroatoms. The number of amides is 1. The number of anilines is 1. The summed E-state index contributed by atoms with van der Waals surface area (Å²) in [4.78, 5) is 15.4. The topological polar surface area (TPSA) is 65.7 Å². The molecule has 2 aromatic rings. The first-order valence-electron chi connectivity index (χ1n) is 10.2. The van der Waals surface area contributed by atoms with E-state index < -0.39 is 0 Å². The lowest BCUT2D eigenvalue weighted by Crippen LogP contribution is -3.29. The Bertz CT molecular complexity index is 915. The van der Waals surface area contributed by atoms with Gasteiger partial charge >= 0.3 is 0 Å². The number of rotatable bonds is 6. The maximum atomic E-state index is 13.9. The summed E-state index contributed by atoms with van der Waals surface area (Å²) in [6.07, 6.45) is 0. The fourth-order valence-corrected chi connectivity index (χ4v) is 4.05. The van der Waals surface area contributed by atoms with Gasteiger partial charge in [-0.25, -0.2) is 4.39 Å². The highest BCUT2D eigenvalue weighted by Gasteiger charge is 2.31. The monoisotopic (exact) mass is 417 g/mol. The van der Waals surface area contributed by atoms with Gasteiger partial charge in [-0.2, -0.15) is 0 Å². The van der Waals surface area contributed by atoms with Gasteiger partial charge in [-0.15, -0.1) is 0 Å². The first kappa shape index (κ1) is 20.4. The predicted molar refractivity (Wildman–Crippen MR) is 109 cm³/mol. The summed E-state index contributed by atoms with van der Waals surface area (Å²) in [5.74, 6) is 1.28. The molecule has 2 aliphatic rings. The Hall–Kier alpha value is -2.84. The molecule has 0 aliphatic carbocycles. The van der Waals surface area contributed by atoms with Gasteiger partial charge in [0.25, 0.3) is 5.91 Å². The molecule has 30 heavy (non-hydrogen) atoms. The van der Waals surface area contributed by atoms with E-state index in [2.05, 4.69) is 5.32 Å². The highest BCUT2D eigenvalue weighted by molar-refractivity contribution is 5.94. The fourth-order valence-electron chi connectivity index (χ4n) is 4.05. The molecular weight excluding hydrogens is 389 g/mol. The van der Waals surface area contributed by atoms with Gasteiger partial charge in [-0.3, -0.25) is 4.79 Å². The molecule has 2 aliphatic heterocycles. The molecule has 3 N–H and O–H groups in total. The second-order valence-corrected chi connectivity index (χ2v) is 7.83. The number of benzene rings is 2. The zero-order valence-corrected chi connectivity index (χ0v) is 17.3. The van der Waals surface area contributed by atoms with Crippen LogP contribution in [0.1, 0.15) is 12.5 Å². The van der Waals surface area contributed by atoms with Crippen molar-refractivity contribution in [1.82, 2.24) is 0 Å². The summed E-state index contributed by atoms with van der Waals surface area (Å²) < 4.78 is 29.6. The third-order valence-electron chi connectivity index (χ3n) is 5.92. The first-order valence-corrected chi connectivity index (χ1v) is 10.2. The number of ether oxygens (including phenoxy) is 3. The highest BCUT2D eigenvalue weighted by Crippen LogP contribution is 2.34. The summed E-state index contributed by atoms with van der Waals surface area (Å²) in [6, 6.07) is 10.4. The third kappa shape index (κ3) is 4.49. The smallest absolute Gasteiger partial charge is 0.282 e. The van der Waals surface area contributed by atoms with Gasteiger partial charge in [0.1, 0.15) is 32.7 Å². The maximum Gasteiger partial charge on any atom is 0.282 e. The third-order valence-corrected chi connectivity index (χ3v) is 5.92. The van der Waals surface area contributed by atoms with Gasteiger partial charge in [0.2, 0.25) is 6.79 Å². The van der Waals surface area contributed by atoms with Crippen LogP contribution in [-0.4, -0.2) is 52.0 Å². The van der Waals surface area contributed by atoms with E-state index in [1.54, 1.807) is 24.3 Å². The molecule has 1 amide bonds. The number of halogens is 1. The Morgan fingerprint density at radius 2 is 1.90 bits per heavy atom. The molecule has 1 atom stereocenters. The summed E-state index contributed by atoms with van der Waals surface area (Å²) in [6.45, 7) is 6.60. The van der Waals surface area contributed by atoms with Crippen molar-refractivity contribution in [2.24, 2.45) is 0 Å². The molecule has 0 spiro atoms. The number of carbonyl (C=O) groups excluding carboxylic acids is 1. The number of hydrogen-bond donors (Lipinski definition) is 3. The van der Waals surface area contributed by atoms with Crippen LogP contribution in [0.4, 0.5) is 10.1 Å². The number of carbonyl (C=O) groups is 1. The largest absolute Gasteiger partial charge is 0.494 e. The quantitative estimate of drug-likeness (QED) is 0.613. The van der Waals surface area contributed by atoms with Crippen molar-refractivity contribution in [1.29, 1.82) is 0 Å². The van der Waals surface area contributed by atoms with Crippen LogP contribution < -0.4 is 29.3 Å². The van der Waals surface area contributed by atoms with Crippen molar-refractivity contribution < 1.29 is 33.2 Å². The van der Waals surface area contributed by atoms with E-state index in [-0.39, 0.29) is 30.3 Å². The van der Waals surface area contributed by atoms with E-state index in [1.165, 1.54) is 16.9 Å². The van der Waals surface area contributed by atoms with E-state index in [0.717, 1.165) is 38.3 Å². The number of fused-ring (bicyclic) bond motifs is 1. The summed E-state index contributed by atoms with van der Waals surface area (Å²) in [5, 5.41) is 2.98. The molecular formula is C22H28FN3O4+2. The average Bonchev–Trinajstić information content (AvgIpc) is 3.22. The maximum absolute atomic E-state index is 13.9. The fraction of sp³-hybridized carbons (Fsp3) is 0.409. The van der Waals surface area contributed by atoms with Gasteiger partial charge in [0.15, 0.2) is 29.1 Å². The second kappa shape index (κ2) is 8.89. The minimum absolute atomic E-state index is 0.00968. The molecule has 2 heterocycles. The van der Waals surface area contributed by atoms with E-state index in [4.69, 9.17) is 14.2 Å². The van der Waals surface area contributed by atoms with Gasteiger partial charge in [0.05, 0.1) is 7.11 Å². The molecule has 0 unspecified atom stereocenters. The number of methoxy groups -OCH3 is 1. The summed E-state index contributed by atoms with van der Waals surface area (Å²) in [7, 11) is 1.47. The van der Waals surface area contributed by atoms with E-state index in [9.17, 15) is 9.18 Å². The Kier molecular flexibility index (Phi) is 6.06. The zero-order chi connectivity index (χ0) is 21.1. The van der Waals surface area contributed by atoms with Gasteiger partial charge in [-0.1, -0.05) is 0 Å². The molecule has 0 radical (unpaired) electrons. The Morgan fingerprint density at radius 3 is 2.63 bits per heavy atom. The number of nitrogens with one attached hydrogen (secondary N) is 3. The van der Waals surface area contributed by atoms with Crippen molar-refractivity contribution in [3.8, 4) is 17.2 Å². The lowest BCUT2D eigenvalue weighted by atomic mass is 10.1. The van der Waals surface area contributed by atoms with Gasteiger partial charge in [-0.05, 0) is 37.3 Å². The number of piperazine rings is 1. The van der Waals surface area contributed by atoms with Crippen molar-refractivity contribution in [2.75, 3.05) is 45.4 Å². The summed E-state index contributed by atoms with van der Waals surface area (Å²) >= 11 is 0. The van der Waals surface area contributed by atoms with Crippen molar-refractivity contribution in [3.05, 3.63) is 47.8 Å². The second-order valence-electron chi connectivity index (χ2n) is 7.83. The zero-order valence-electron chi connectivity index (χ0n) is 17.3. The van der Waals surface area contributed by atoms with E-state index >= 15 is 0 Å². The van der Waals surface area contributed by atoms with Crippen LogP contribution in [0.25, 0.3) is 0 Å². The Labute approximate surface area is 175 Å². The normalized spacial score (nSPS) is 21.2. The molecule has 160 valence electrons. The Balaban J connectivity index is 1.28. The van der Waals surface area contributed by atoms with Crippen LogP contribution in [0.15, 0.2) is 36.4 Å². The molecule has 0 bridgehead atoms.